The second-order valence-corrected chi connectivity index (χ2v) is 7.64. The van der Waals surface area contributed by atoms with Gasteiger partial charge in [-0.05, 0) is 70.5 Å². The molecule has 0 bridgehead atoms. The molecule has 0 spiro atoms. The van der Waals surface area contributed by atoms with Crippen molar-refractivity contribution in [3.8, 4) is 0 Å². The molecule has 0 saturated carbocycles. The number of nitrogens with zero attached hydrogens (tertiary/aromatic N) is 1. The van der Waals surface area contributed by atoms with Gasteiger partial charge in [0.2, 0.25) is 0 Å². The number of hydrogen-bond acceptors (Lipinski definition) is 3. The Balaban J connectivity index is 1.86. The van der Waals surface area contributed by atoms with Gasteiger partial charge in [-0.15, -0.1) is 0 Å². The molecule has 1 N–H and O–H groups in total. The average Bonchev–Trinajstić information content (AvgIpc) is 2.80. The molecule has 4 nitrogen and oxygen atoms in total. The van der Waals surface area contributed by atoms with E-state index in [0.717, 1.165) is 14.0 Å². The molecule has 6 heteroatoms. The van der Waals surface area contributed by atoms with Crippen molar-refractivity contribution in [2.45, 2.75) is 19.8 Å². The van der Waals surface area contributed by atoms with Crippen molar-refractivity contribution in [3.63, 3.8) is 0 Å². The minimum atomic E-state index is -0.517. The largest absolute Gasteiger partial charge is 0.350 e. The van der Waals surface area contributed by atoms with Crippen LogP contribution in [-0.4, -0.2) is 11.8 Å². The summed E-state index contributed by atoms with van der Waals surface area (Å²) < 4.78 is 1.07. The number of carbonyl (C=O) groups is 2. The molecule has 0 unspecified atom stereocenters. The molecule has 1 heterocycles. The number of hydrogen-bond donors (Lipinski definition) is 1. The number of imide groups is 1. The smallest absolute Gasteiger partial charge is 0.283 e. The summed E-state index contributed by atoms with van der Waals surface area (Å²) in [5, 5.41) is 2.86. The standard InChI is InChI=1S/C19H16ClIN2O2/c1-11(2)12-3-9-15(10-4-12)23-18(24)16(20)17(19(23)25)22-14-7-5-13(21)6-8-14/h3-11,22H,1-2H3. The zero-order valence-corrected chi connectivity index (χ0v) is 16.6. The van der Waals surface area contributed by atoms with Crippen molar-refractivity contribution >= 4 is 57.4 Å². The summed E-state index contributed by atoms with van der Waals surface area (Å²) in [6, 6.07) is 14.8. The first-order valence-electron chi connectivity index (χ1n) is 7.79. The van der Waals surface area contributed by atoms with Gasteiger partial charge >= 0.3 is 0 Å². The Kier molecular flexibility index (Phi) is 5.15. The maximum atomic E-state index is 12.7. The first-order valence-corrected chi connectivity index (χ1v) is 9.25. The Bertz CT molecular complexity index is 858. The fourth-order valence-corrected chi connectivity index (χ4v) is 3.10. The highest BCUT2D eigenvalue weighted by molar-refractivity contribution is 14.1. The van der Waals surface area contributed by atoms with Gasteiger partial charge in [-0.25, -0.2) is 4.90 Å². The van der Waals surface area contributed by atoms with Gasteiger partial charge in [-0.3, -0.25) is 9.59 Å². The van der Waals surface area contributed by atoms with Crippen LogP contribution >= 0.6 is 34.2 Å². The molecule has 128 valence electrons. The Morgan fingerprint density at radius 1 is 0.960 bits per heavy atom. The average molecular weight is 467 g/mol. The van der Waals surface area contributed by atoms with Crippen molar-refractivity contribution in [2.75, 3.05) is 10.2 Å². The normalized spacial score (nSPS) is 14.7. The monoisotopic (exact) mass is 466 g/mol. The van der Waals surface area contributed by atoms with Crippen LogP contribution in [0.15, 0.2) is 59.3 Å². The van der Waals surface area contributed by atoms with Gasteiger partial charge in [-0.1, -0.05) is 37.6 Å². The number of amides is 2. The van der Waals surface area contributed by atoms with E-state index >= 15 is 0 Å². The molecule has 2 aromatic carbocycles. The highest BCUT2D eigenvalue weighted by Crippen LogP contribution is 2.31. The lowest BCUT2D eigenvalue weighted by atomic mass is 10.0. The summed E-state index contributed by atoms with van der Waals surface area (Å²) in [7, 11) is 0. The van der Waals surface area contributed by atoms with Gasteiger partial charge < -0.3 is 5.32 Å². The number of nitrogens with one attached hydrogen (secondary N) is 1. The molecule has 0 atom stereocenters. The molecule has 0 fully saturated rings. The highest BCUT2D eigenvalue weighted by atomic mass is 127. The lowest BCUT2D eigenvalue weighted by Crippen LogP contribution is -2.32. The quantitative estimate of drug-likeness (QED) is 0.518. The zero-order chi connectivity index (χ0) is 18.1. The zero-order valence-electron chi connectivity index (χ0n) is 13.7. The van der Waals surface area contributed by atoms with E-state index in [4.69, 9.17) is 11.6 Å². The third-order valence-corrected chi connectivity index (χ3v) is 5.03. The van der Waals surface area contributed by atoms with E-state index in [2.05, 4.69) is 41.8 Å². The Morgan fingerprint density at radius 2 is 1.56 bits per heavy atom. The number of benzene rings is 2. The maximum Gasteiger partial charge on any atom is 0.283 e. The van der Waals surface area contributed by atoms with E-state index in [9.17, 15) is 9.59 Å². The molecule has 1 aliphatic heterocycles. The number of halogens is 2. The molecule has 25 heavy (non-hydrogen) atoms. The van der Waals surface area contributed by atoms with Crippen LogP contribution in [0.2, 0.25) is 0 Å². The van der Waals surface area contributed by atoms with Crippen LogP contribution in [0.1, 0.15) is 25.3 Å². The molecular formula is C19H16ClIN2O2. The fraction of sp³-hybridized carbons (Fsp3) is 0.158. The fourth-order valence-electron chi connectivity index (χ4n) is 2.53. The van der Waals surface area contributed by atoms with Crippen molar-refractivity contribution in [3.05, 3.63) is 68.4 Å². The number of anilines is 2. The van der Waals surface area contributed by atoms with Crippen LogP contribution in [0.25, 0.3) is 0 Å². The predicted octanol–water partition coefficient (Wildman–Crippen LogP) is 4.85. The third kappa shape index (κ3) is 3.57. The SMILES string of the molecule is CC(C)c1ccc(N2C(=O)C(Cl)=C(Nc3ccc(I)cc3)C2=O)cc1. The maximum absolute atomic E-state index is 12.7. The molecular weight excluding hydrogens is 451 g/mol. The van der Waals surface area contributed by atoms with Crippen LogP contribution < -0.4 is 10.2 Å². The van der Waals surface area contributed by atoms with Gasteiger partial charge in [0.25, 0.3) is 11.8 Å². The summed E-state index contributed by atoms with van der Waals surface area (Å²) in [6.45, 7) is 4.17. The van der Waals surface area contributed by atoms with E-state index in [0.29, 0.717) is 17.3 Å². The van der Waals surface area contributed by atoms with Gasteiger partial charge in [0, 0.05) is 9.26 Å². The van der Waals surface area contributed by atoms with Crippen LogP contribution in [0.3, 0.4) is 0 Å². The summed E-state index contributed by atoms with van der Waals surface area (Å²) in [6.07, 6.45) is 0. The molecule has 0 saturated heterocycles. The van der Waals surface area contributed by atoms with Crippen LogP contribution in [0, 0.1) is 3.57 Å². The Labute approximate surface area is 165 Å². The summed E-state index contributed by atoms with van der Waals surface area (Å²) in [5.74, 6) is -0.596. The minimum Gasteiger partial charge on any atom is -0.350 e. The van der Waals surface area contributed by atoms with Crippen molar-refractivity contribution in [1.82, 2.24) is 0 Å². The number of carbonyl (C=O) groups excluding carboxylic acids is 2. The lowest BCUT2D eigenvalue weighted by Gasteiger charge is -2.16. The van der Waals surface area contributed by atoms with Gasteiger partial charge in [0.15, 0.2) is 0 Å². The molecule has 2 aromatic rings. The lowest BCUT2D eigenvalue weighted by molar-refractivity contribution is -0.120. The second kappa shape index (κ2) is 7.17. The van der Waals surface area contributed by atoms with E-state index in [1.54, 1.807) is 12.1 Å². The van der Waals surface area contributed by atoms with Crippen LogP contribution in [-0.2, 0) is 9.59 Å². The van der Waals surface area contributed by atoms with Crippen LogP contribution in [0.5, 0.6) is 0 Å². The van der Waals surface area contributed by atoms with E-state index < -0.39 is 11.8 Å². The molecule has 0 aromatic heterocycles. The molecule has 0 radical (unpaired) electrons. The van der Waals surface area contributed by atoms with Crippen LogP contribution in [0.4, 0.5) is 11.4 Å². The Morgan fingerprint density at radius 3 is 2.12 bits per heavy atom. The minimum absolute atomic E-state index is 0.0980. The van der Waals surface area contributed by atoms with Gasteiger partial charge in [0.05, 0.1) is 5.69 Å². The topological polar surface area (TPSA) is 49.4 Å². The number of rotatable bonds is 4. The summed E-state index contributed by atoms with van der Waals surface area (Å²) in [5.41, 5.74) is 2.45. The third-order valence-electron chi connectivity index (χ3n) is 3.96. The van der Waals surface area contributed by atoms with E-state index in [1.807, 2.05) is 36.4 Å². The first-order chi connectivity index (χ1) is 11.9. The first kappa shape index (κ1) is 17.9. The second-order valence-electron chi connectivity index (χ2n) is 6.01. The molecule has 1 aliphatic rings. The molecule has 3 rings (SSSR count). The van der Waals surface area contributed by atoms with E-state index in [-0.39, 0.29) is 10.7 Å². The Hall–Kier alpha value is -1.86. The van der Waals surface area contributed by atoms with Gasteiger partial charge in [-0.2, -0.15) is 0 Å². The van der Waals surface area contributed by atoms with Gasteiger partial charge in [0.1, 0.15) is 10.7 Å². The molecule has 0 aliphatic carbocycles. The summed E-state index contributed by atoms with van der Waals surface area (Å²) >= 11 is 8.33. The predicted molar refractivity (Wildman–Crippen MR) is 109 cm³/mol. The highest BCUT2D eigenvalue weighted by Gasteiger charge is 2.38. The van der Waals surface area contributed by atoms with Crippen molar-refractivity contribution in [2.24, 2.45) is 0 Å². The molecule has 2 amide bonds. The van der Waals surface area contributed by atoms with E-state index in [1.165, 1.54) is 0 Å². The van der Waals surface area contributed by atoms with Crippen molar-refractivity contribution < 1.29 is 9.59 Å². The summed E-state index contributed by atoms with van der Waals surface area (Å²) in [4.78, 5) is 26.3. The van der Waals surface area contributed by atoms with Crippen molar-refractivity contribution in [1.29, 1.82) is 0 Å².